The number of nitrogen functional groups attached to an aromatic ring is 1. The lowest BCUT2D eigenvalue weighted by Crippen LogP contribution is -1.87. The van der Waals surface area contributed by atoms with Crippen molar-refractivity contribution in [2.75, 3.05) is 5.73 Å². The summed E-state index contributed by atoms with van der Waals surface area (Å²) in [6.07, 6.45) is 1.53. The standard InChI is InChI=1S/C8H6ClN3S2/c9-5-1-2-7(6(10)3-5)13-8-11-4-12-14-8/h1-4H,10H2. The van der Waals surface area contributed by atoms with Crippen molar-refractivity contribution in [2.24, 2.45) is 0 Å². The average molecular weight is 244 g/mol. The number of anilines is 1. The van der Waals surface area contributed by atoms with E-state index >= 15 is 0 Å². The summed E-state index contributed by atoms with van der Waals surface area (Å²) in [4.78, 5) is 5.01. The first-order valence-corrected chi connectivity index (χ1v) is 5.72. The first-order chi connectivity index (χ1) is 6.75. The van der Waals surface area contributed by atoms with Crippen LogP contribution in [-0.2, 0) is 0 Å². The second kappa shape index (κ2) is 4.16. The van der Waals surface area contributed by atoms with E-state index in [-0.39, 0.29) is 0 Å². The molecule has 1 aromatic heterocycles. The predicted octanol–water partition coefficient (Wildman–Crippen LogP) is 2.92. The molecule has 0 fully saturated rings. The zero-order valence-corrected chi connectivity index (χ0v) is 9.36. The van der Waals surface area contributed by atoms with Crippen molar-refractivity contribution in [1.82, 2.24) is 9.36 Å². The molecular weight excluding hydrogens is 238 g/mol. The van der Waals surface area contributed by atoms with Gasteiger partial charge in [-0.25, -0.2) is 4.98 Å². The summed E-state index contributed by atoms with van der Waals surface area (Å²) in [6.45, 7) is 0. The van der Waals surface area contributed by atoms with Crippen LogP contribution in [0.5, 0.6) is 0 Å². The highest BCUT2D eigenvalue weighted by Gasteiger charge is 2.04. The summed E-state index contributed by atoms with van der Waals surface area (Å²) in [5.41, 5.74) is 6.45. The Morgan fingerprint density at radius 2 is 2.29 bits per heavy atom. The zero-order valence-electron chi connectivity index (χ0n) is 6.98. The van der Waals surface area contributed by atoms with Crippen LogP contribution in [0.4, 0.5) is 5.69 Å². The van der Waals surface area contributed by atoms with Crippen LogP contribution in [0.1, 0.15) is 0 Å². The van der Waals surface area contributed by atoms with E-state index in [1.54, 1.807) is 12.1 Å². The highest BCUT2D eigenvalue weighted by Crippen LogP contribution is 2.33. The van der Waals surface area contributed by atoms with E-state index in [1.165, 1.54) is 29.6 Å². The lowest BCUT2D eigenvalue weighted by molar-refractivity contribution is 1.21. The average Bonchev–Trinajstić information content (AvgIpc) is 2.62. The number of hydrogen-bond donors (Lipinski definition) is 1. The lowest BCUT2D eigenvalue weighted by atomic mass is 10.3. The van der Waals surface area contributed by atoms with Gasteiger partial charge in [0.25, 0.3) is 0 Å². The first kappa shape index (κ1) is 9.76. The summed E-state index contributed by atoms with van der Waals surface area (Å²) >= 11 is 8.62. The van der Waals surface area contributed by atoms with Crippen LogP contribution in [0.25, 0.3) is 0 Å². The third-order valence-electron chi connectivity index (χ3n) is 1.51. The maximum absolute atomic E-state index is 5.79. The van der Waals surface area contributed by atoms with Gasteiger partial charge < -0.3 is 5.73 Å². The number of nitrogens with zero attached hydrogens (tertiary/aromatic N) is 2. The van der Waals surface area contributed by atoms with Gasteiger partial charge in [-0.3, -0.25) is 0 Å². The van der Waals surface area contributed by atoms with Crippen molar-refractivity contribution in [3.8, 4) is 0 Å². The second-order valence-electron chi connectivity index (χ2n) is 2.49. The minimum Gasteiger partial charge on any atom is -0.398 e. The van der Waals surface area contributed by atoms with Gasteiger partial charge in [0, 0.05) is 15.6 Å². The predicted molar refractivity (Wildman–Crippen MR) is 59.9 cm³/mol. The maximum atomic E-state index is 5.79. The Hall–Kier alpha value is -0.780. The molecule has 0 aliphatic heterocycles. The van der Waals surface area contributed by atoms with Gasteiger partial charge in [-0.1, -0.05) is 23.4 Å². The third kappa shape index (κ3) is 2.17. The molecule has 0 atom stereocenters. The van der Waals surface area contributed by atoms with Crippen molar-refractivity contribution < 1.29 is 0 Å². The molecule has 0 bridgehead atoms. The van der Waals surface area contributed by atoms with E-state index in [9.17, 15) is 0 Å². The maximum Gasteiger partial charge on any atom is 0.174 e. The molecule has 14 heavy (non-hydrogen) atoms. The Bertz CT molecular complexity index is 430. The molecular formula is C8H6ClN3S2. The molecule has 0 spiro atoms. The lowest BCUT2D eigenvalue weighted by Gasteiger charge is -2.02. The molecule has 3 nitrogen and oxygen atoms in total. The summed E-state index contributed by atoms with van der Waals surface area (Å²) in [7, 11) is 0. The number of rotatable bonds is 2. The summed E-state index contributed by atoms with van der Waals surface area (Å²) in [5, 5.41) is 0.643. The Morgan fingerprint density at radius 1 is 1.43 bits per heavy atom. The van der Waals surface area contributed by atoms with Crippen LogP contribution in [-0.4, -0.2) is 9.36 Å². The van der Waals surface area contributed by atoms with Gasteiger partial charge in [-0.15, -0.1) is 0 Å². The van der Waals surface area contributed by atoms with Crippen molar-refractivity contribution in [1.29, 1.82) is 0 Å². The molecule has 0 aliphatic carbocycles. The quantitative estimate of drug-likeness (QED) is 0.824. The molecule has 0 radical (unpaired) electrons. The minimum atomic E-state index is 0.643. The van der Waals surface area contributed by atoms with Gasteiger partial charge in [-0.2, -0.15) is 4.37 Å². The van der Waals surface area contributed by atoms with Gasteiger partial charge in [-0.05, 0) is 29.7 Å². The Balaban J connectivity index is 2.25. The van der Waals surface area contributed by atoms with E-state index in [1.807, 2.05) is 6.07 Å². The number of halogens is 1. The van der Waals surface area contributed by atoms with E-state index in [4.69, 9.17) is 17.3 Å². The van der Waals surface area contributed by atoms with Crippen molar-refractivity contribution in [3.05, 3.63) is 29.5 Å². The fourth-order valence-electron chi connectivity index (χ4n) is 0.914. The molecule has 6 heteroatoms. The summed E-state index contributed by atoms with van der Waals surface area (Å²) in [5.74, 6) is 0. The van der Waals surface area contributed by atoms with Gasteiger partial charge in [0.05, 0.1) is 0 Å². The fraction of sp³-hybridized carbons (Fsp3) is 0. The van der Waals surface area contributed by atoms with Gasteiger partial charge in [0.1, 0.15) is 6.33 Å². The number of hydrogen-bond acceptors (Lipinski definition) is 5. The van der Waals surface area contributed by atoms with Crippen LogP contribution >= 0.6 is 34.9 Å². The topological polar surface area (TPSA) is 51.8 Å². The molecule has 72 valence electrons. The van der Waals surface area contributed by atoms with Crippen LogP contribution < -0.4 is 5.73 Å². The summed E-state index contributed by atoms with van der Waals surface area (Å²) < 4.78 is 4.78. The molecule has 0 saturated heterocycles. The van der Waals surface area contributed by atoms with Crippen LogP contribution in [0.2, 0.25) is 5.02 Å². The molecule has 1 aromatic carbocycles. The minimum absolute atomic E-state index is 0.643. The molecule has 2 N–H and O–H groups in total. The molecule has 0 unspecified atom stereocenters. The molecule has 1 heterocycles. The Kier molecular flexibility index (Phi) is 2.90. The number of nitrogens with two attached hydrogens (primary N) is 1. The van der Waals surface area contributed by atoms with Gasteiger partial charge in [0.15, 0.2) is 4.34 Å². The van der Waals surface area contributed by atoms with E-state index in [2.05, 4.69) is 9.36 Å². The van der Waals surface area contributed by atoms with Gasteiger partial charge in [0.2, 0.25) is 0 Å². The van der Waals surface area contributed by atoms with E-state index in [0.29, 0.717) is 10.7 Å². The summed E-state index contributed by atoms with van der Waals surface area (Å²) in [6, 6.07) is 5.41. The van der Waals surface area contributed by atoms with E-state index in [0.717, 1.165) is 9.24 Å². The number of aromatic nitrogens is 2. The SMILES string of the molecule is Nc1cc(Cl)ccc1Sc1ncns1. The number of benzene rings is 1. The van der Waals surface area contributed by atoms with E-state index < -0.39 is 0 Å². The smallest absolute Gasteiger partial charge is 0.174 e. The normalized spacial score (nSPS) is 10.4. The van der Waals surface area contributed by atoms with Gasteiger partial charge >= 0.3 is 0 Å². The van der Waals surface area contributed by atoms with Crippen molar-refractivity contribution >= 4 is 40.6 Å². The van der Waals surface area contributed by atoms with Crippen LogP contribution in [0.3, 0.4) is 0 Å². The highest BCUT2D eigenvalue weighted by molar-refractivity contribution is 8.01. The second-order valence-corrected chi connectivity index (χ2v) is 5.00. The van der Waals surface area contributed by atoms with Crippen molar-refractivity contribution in [3.63, 3.8) is 0 Å². The van der Waals surface area contributed by atoms with Crippen LogP contribution in [0, 0.1) is 0 Å². The van der Waals surface area contributed by atoms with Crippen molar-refractivity contribution in [2.45, 2.75) is 9.24 Å². The zero-order chi connectivity index (χ0) is 9.97. The largest absolute Gasteiger partial charge is 0.398 e. The van der Waals surface area contributed by atoms with Crippen LogP contribution in [0.15, 0.2) is 33.8 Å². The molecule has 0 amide bonds. The molecule has 0 saturated carbocycles. The molecule has 2 aromatic rings. The molecule has 2 rings (SSSR count). The first-order valence-electron chi connectivity index (χ1n) is 3.75. The Morgan fingerprint density at radius 3 is 2.93 bits per heavy atom. The fourth-order valence-corrected chi connectivity index (χ4v) is 2.52. The monoisotopic (exact) mass is 243 g/mol. The third-order valence-corrected chi connectivity index (χ3v) is 3.55. The Labute approximate surface area is 94.5 Å². The molecule has 0 aliphatic rings. The highest BCUT2D eigenvalue weighted by atomic mass is 35.5.